The molecule has 0 saturated carbocycles. The van der Waals surface area contributed by atoms with Crippen molar-refractivity contribution in [1.29, 1.82) is 0 Å². The second-order valence-corrected chi connectivity index (χ2v) is 17.5. The summed E-state index contributed by atoms with van der Waals surface area (Å²) in [7, 11) is 0. The lowest BCUT2D eigenvalue weighted by Gasteiger charge is -2.31. The van der Waals surface area contributed by atoms with E-state index >= 15 is 0 Å². The summed E-state index contributed by atoms with van der Waals surface area (Å²) in [4.78, 5) is 4.94. The molecule has 0 unspecified atom stereocenters. The van der Waals surface area contributed by atoms with E-state index in [-0.39, 0.29) is 0 Å². The van der Waals surface area contributed by atoms with Crippen LogP contribution in [0, 0.1) is 20.8 Å². The highest BCUT2D eigenvalue weighted by atomic mass is 15.2. The maximum atomic E-state index is 2.48. The molecule has 2 heteroatoms. The zero-order valence-electron chi connectivity index (χ0n) is 36.8. The number of rotatable bonds is 8. The molecule has 0 aliphatic rings. The number of anilines is 6. The monoisotopic (exact) mass is 830 g/mol. The summed E-state index contributed by atoms with van der Waals surface area (Å²) in [5, 5.41) is 15.0. The van der Waals surface area contributed by atoms with Crippen LogP contribution in [0.3, 0.4) is 0 Å². The van der Waals surface area contributed by atoms with Gasteiger partial charge in [0.1, 0.15) is 0 Å². The van der Waals surface area contributed by atoms with Crippen molar-refractivity contribution in [3.63, 3.8) is 0 Å². The van der Waals surface area contributed by atoms with Crippen molar-refractivity contribution in [2.45, 2.75) is 20.8 Å². The van der Waals surface area contributed by atoms with E-state index in [1.54, 1.807) is 0 Å². The third-order valence-corrected chi connectivity index (χ3v) is 13.3. The largest absolute Gasteiger partial charge is 0.309 e. The number of para-hydroxylation sites is 1. The van der Waals surface area contributed by atoms with E-state index in [0.29, 0.717) is 0 Å². The van der Waals surface area contributed by atoms with Crippen molar-refractivity contribution in [2.24, 2.45) is 0 Å². The maximum absolute atomic E-state index is 2.48. The molecule has 0 spiro atoms. The Morgan fingerprint density at radius 2 is 0.538 bits per heavy atom. The molecule has 2 nitrogen and oxygen atoms in total. The first-order chi connectivity index (χ1) is 32.0. The maximum Gasteiger partial charge on any atom is 0.0619 e. The summed E-state index contributed by atoms with van der Waals surface area (Å²) in [6.45, 7) is 6.45. The molecule has 0 saturated heterocycles. The van der Waals surface area contributed by atoms with Crippen molar-refractivity contribution in [2.75, 3.05) is 9.80 Å². The molecule has 0 bridgehead atoms. The highest BCUT2D eigenvalue weighted by Crippen LogP contribution is 2.54. The molecule has 0 atom stereocenters. The van der Waals surface area contributed by atoms with Gasteiger partial charge in [-0.05, 0) is 113 Å². The Labute approximate surface area is 379 Å². The van der Waals surface area contributed by atoms with E-state index in [1.165, 1.54) is 98.3 Å². The van der Waals surface area contributed by atoms with Crippen LogP contribution in [0.5, 0.6) is 0 Å². The van der Waals surface area contributed by atoms with Crippen LogP contribution in [0.4, 0.5) is 34.1 Å². The first kappa shape index (κ1) is 38.5. The molecule has 12 rings (SSSR count). The van der Waals surface area contributed by atoms with Gasteiger partial charge >= 0.3 is 0 Å². The van der Waals surface area contributed by atoms with Crippen molar-refractivity contribution in [1.82, 2.24) is 0 Å². The molecule has 12 aromatic carbocycles. The Bertz CT molecular complexity index is 3750. The van der Waals surface area contributed by atoms with Crippen molar-refractivity contribution < 1.29 is 0 Å². The van der Waals surface area contributed by atoms with E-state index < -0.39 is 0 Å². The van der Waals surface area contributed by atoms with Crippen LogP contribution in [0.15, 0.2) is 212 Å². The molecule has 0 heterocycles. The van der Waals surface area contributed by atoms with Gasteiger partial charge in [0.25, 0.3) is 0 Å². The van der Waals surface area contributed by atoms with Crippen LogP contribution in [-0.2, 0) is 0 Å². The number of nitrogens with zero attached hydrogens (tertiary/aromatic N) is 2. The van der Waals surface area contributed by atoms with E-state index in [9.17, 15) is 0 Å². The van der Waals surface area contributed by atoms with Crippen LogP contribution >= 0.6 is 0 Å². The lowest BCUT2D eigenvalue weighted by atomic mass is 9.83. The predicted octanol–water partition coefficient (Wildman–Crippen LogP) is 18.1. The van der Waals surface area contributed by atoms with Crippen LogP contribution < -0.4 is 9.80 Å². The summed E-state index contributed by atoms with van der Waals surface area (Å²) < 4.78 is 0. The molecular formula is C63H46N2. The second kappa shape index (κ2) is 15.6. The molecule has 0 N–H and O–H groups in total. The SMILES string of the molecule is Cc1ccc(C=Cc2ccc(N(c3ccc(C)cc3)c3c4ccccc4c4c5c3cccc5c3cccc5c(N(c6ccccc6)c6ccc(C)cc6)c6ccccc6c4c53)cc2)cc1. The Balaban J connectivity index is 1.17. The molecule has 65 heavy (non-hydrogen) atoms. The normalized spacial score (nSPS) is 11.9. The summed E-state index contributed by atoms with van der Waals surface area (Å²) >= 11 is 0. The zero-order valence-corrected chi connectivity index (χ0v) is 36.8. The van der Waals surface area contributed by atoms with E-state index in [4.69, 9.17) is 0 Å². The van der Waals surface area contributed by atoms with Gasteiger partial charge in [-0.1, -0.05) is 193 Å². The van der Waals surface area contributed by atoms with Crippen LogP contribution in [0.25, 0.3) is 76.8 Å². The van der Waals surface area contributed by atoms with Gasteiger partial charge in [-0.3, -0.25) is 0 Å². The lowest BCUT2D eigenvalue weighted by molar-refractivity contribution is 1.30. The molecule has 0 fully saturated rings. The molecule has 0 aliphatic carbocycles. The van der Waals surface area contributed by atoms with Crippen molar-refractivity contribution in [3.05, 3.63) is 240 Å². The predicted molar refractivity (Wildman–Crippen MR) is 282 cm³/mol. The highest BCUT2D eigenvalue weighted by molar-refractivity contribution is 6.46. The third kappa shape index (κ3) is 6.40. The smallest absolute Gasteiger partial charge is 0.0619 e. The number of hydrogen-bond donors (Lipinski definition) is 0. The first-order valence-corrected chi connectivity index (χ1v) is 22.6. The summed E-state index contributed by atoms with van der Waals surface area (Å²) in [6.07, 6.45) is 4.40. The summed E-state index contributed by atoms with van der Waals surface area (Å²) in [5.41, 5.74) is 12.9. The quantitative estimate of drug-likeness (QED) is 0.0855. The second-order valence-electron chi connectivity index (χ2n) is 17.5. The lowest BCUT2D eigenvalue weighted by Crippen LogP contribution is -2.12. The molecule has 0 aromatic heterocycles. The van der Waals surface area contributed by atoms with E-state index in [0.717, 1.165) is 28.3 Å². The van der Waals surface area contributed by atoms with Gasteiger partial charge in [-0.2, -0.15) is 0 Å². The van der Waals surface area contributed by atoms with E-state index in [1.807, 2.05) is 0 Å². The van der Waals surface area contributed by atoms with Gasteiger partial charge in [0, 0.05) is 55.1 Å². The van der Waals surface area contributed by atoms with Gasteiger partial charge in [-0.15, -0.1) is 0 Å². The van der Waals surface area contributed by atoms with Gasteiger partial charge in [0.2, 0.25) is 0 Å². The fourth-order valence-electron chi connectivity index (χ4n) is 10.2. The minimum Gasteiger partial charge on any atom is -0.309 e. The Hall–Kier alpha value is -8.20. The summed E-state index contributed by atoms with van der Waals surface area (Å²) in [5.74, 6) is 0. The number of aryl methyl sites for hydroxylation is 3. The average molecular weight is 831 g/mol. The van der Waals surface area contributed by atoms with E-state index in [2.05, 4.69) is 255 Å². The number of fused-ring (bicyclic) bond motifs is 6. The van der Waals surface area contributed by atoms with Gasteiger partial charge in [-0.25, -0.2) is 0 Å². The fraction of sp³-hybridized carbons (Fsp3) is 0.0476. The molecule has 12 aromatic rings. The molecule has 0 amide bonds. The van der Waals surface area contributed by atoms with Crippen LogP contribution in [-0.4, -0.2) is 0 Å². The minimum absolute atomic E-state index is 1.11. The van der Waals surface area contributed by atoms with Crippen molar-refractivity contribution in [3.8, 4) is 0 Å². The van der Waals surface area contributed by atoms with Gasteiger partial charge in [0.05, 0.1) is 11.4 Å². The third-order valence-electron chi connectivity index (χ3n) is 13.3. The van der Waals surface area contributed by atoms with Crippen LogP contribution in [0.2, 0.25) is 0 Å². The Kier molecular flexibility index (Phi) is 9.21. The summed E-state index contributed by atoms with van der Waals surface area (Å²) in [6, 6.07) is 78.6. The molecule has 308 valence electrons. The molecular weight excluding hydrogens is 785 g/mol. The minimum atomic E-state index is 1.11. The average Bonchev–Trinajstić information content (AvgIpc) is 3.35. The number of hydrogen-bond acceptors (Lipinski definition) is 2. The molecule has 0 radical (unpaired) electrons. The standard InChI is InChI=1S/C63H46N2/c1-41-23-29-44(30-24-41)31-32-45-33-39-49(40-34-45)65(48-37-27-43(3)28-38-48)63-55-18-10-8-16-53(55)61-59-51(20-12-22-57(59)63)50-19-11-21-56-58(50)60(61)52-15-7-9-17-54(52)62(56)64(46-13-5-4-6-14-46)47-35-25-42(2)26-36-47/h4-40H,1-3H3. The van der Waals surface area contributed by atoms with Gasteiger partial charge < -0.3 is 9.80 Å². The Morgan fingerprint density at radius 3 is 0.969 bits per heavy atom. The topological polar surface area (TPSA) is 6.48 Å². The highest BCUT2D eigenvalue weighted by Gasteiger charge is 2.27. The first-order valence-electron chi connectivity index (χ1n) is 22.6. The fourth-order valence-corrected chi connectivity index (χ4v) is 10.2. The molecule has 0 aliphatic heterocycles. The zero-order chi connectivity index (χ0) is 43.6. The number of benzene rings is 12. The van der Waals surface area contributed by atoms with Crippen LogP contribution in [0.1, 0.15) is 27.8 Å². The Morgan fingerprint density at radius 1 is 0.246 bits per heavy atom. The van der Waals surface area contributed by atoms with Gasteiger partial charge in [0.15, 0.2) is 0 Å². The van der Waals surface area contributed by atoms with Crippen molar-refractivity contribution >= 4 is 111 Å².